The van der Waals surface area contributed by atoms with Crippen LogP contribution in [-0.2, 0) is 6.54 Å². The number of rotatable bonds is 2. The summed E-state index contributed by atoms with van der Waals surface area (Å²) in [5.41, 5.74) is 0.211. The molecule has 0 bridgehead atoms. The van der Waals surface area contributed by atoms with Crippen LogP contribution in [-0.4, -0.2) is 13.1 Å². The maximum Gasteiger partial charge on any atom is 0.135 e. The predicted octanol–water partition coefficient (Wildman–Crippen LogP) is 1.31. The fraction of sp³-hybridized carbons (Fsp3) is 0.333. The van der Waals surface area contributed by atoms with Gasteiger partial charge in [-0.05, 0) is 18.2 Å². The number of benzene rings is 1. The molecule has 1 atom stereocenters. The van der Waals surface area contributed by atoms with Crippen molar-refractivity contribution < 1.29 is 13.7 Å². The molecule has 0 aliphatic carbocycles. The average Bonchev–Trinajstić information content (AvgIpc) is 2.25. The summed E-state index contributed by atoms with van der Waals surface area (Å²) in [5, 5.41) is 0. The van der Waals surface area contributed by atoms with Crippen LogP contribution in [0, 0.1) is 11.6 Å². The van der Waals surface area contributed by atoms with Crippen LogP contribution < -0.4 is 4.90 Å². The Balaban J connectivity index is 2.13. The molecule has 0 radical (unpaired) electrons. The second-order valence-corrected chi connectivity index (χ2v) is 3.84. The third-order valence-electron chi connectivity index (χ3n) is 2.73. The van der Waals surface area contributed by atoms with Crippen molar-refractivity contribution in [3.63, 3.8) is 0 Å². The maximum absolute atomic E-state index is 13.3. The highest BCUT2D eigenvalue weighted by Gasteiger charge is 2.16. The van der Waals surface area contributed by atoms with Crippen LogP contribution in [0.2, 0.25) is 0 Å². The van der Waals surface area contributed by atoms with Gasteiger partial charge < -0.3 is 4.90 Å². The van der Waals surface area contributed by atoms with E-state index in [1.54, 1.807) is 0 Å². The van der Waals surface area contributed by atoms with Crippen molar-refractivity contribution in [1.29, 1.82) is 0 Å². The SMILES string of the molecule is Fc1cccc(F)c1C[NH+]1CC=CCC1. The Hall–Kier alpha value is -1.22. The molecule has 0 aromatic heterocycles. The molecule has 3 heteroatoms. The molecule has 2 rings (SSSR count). The van der Waals surface area contributed by atoms with Gasteiger partial charge in [0.25, 0.3) is 0 Å². The fourth-order valence-electron chi connectivity index (χ4n) is 1.87. The Morgan fingerprint density at radius 3 is 2.47 bits per heavy atom. The third-order valence-corrected chi connectivity index (χ3v) is 2.73. The molecule has 1 aliphatic heterocycles. The Bertz CT molecular complexity index is 354. The van der Waals surface area contributed by atoms with Gasteiger partial charge in [-0.2, -0.15) is 0 Å². The first-order chi connectivity index (χ1) is 7.27. The van der Waals surface area contributed by atoms with Crippen LogP contribution in [0.3, 0.4) is 0 Å². The lowest BCUT2D eigenvalue weighted by Crippen LogP contribution is -3.11. The molecule has 0 amide bonds. The van der Waals surface area contributed by atoms with Crippen LogP contribution >= 0.6 is 0 Å². The van der Waals surface area contributed by atoms with Crippen molar-refractivity contribution >= 4 is 0 Å². The minimum Gasteiger partial charge on any atom is -0.328 e. The van der Waals surface area contributed by atoms with E-state index in [2.05, 4.69) is 12.2 Å². The summed E-state index contributed by atoms with van der Waals surface area (Å²) >= 11 is 0. The minimum atomic E-state index is -0.433. The molecule has 0 fully saturated rings. The fourth-order valence-corrected chi connectivity index (χ4v) is 1.87. The second-order valence-electron chi connectivity index (χ2n) is 3.84. The van der Waals surface area contributed by atoms with E-state index in [1.165, 1.54) is 23.1 Å². The molecule has 1 aromatic rings. The van der Waals surface area contributed by atoms with Gasteiger partial charge in [-0.1, -0.05) is 12.1 Å². The first-order valence-electron chi connectivity index (χ1n) is 5.19. The number of hydrogen-bond donors (Lipinski definition) is 1. The quantitative estimate of drug-likeness (QED) is 0.702. The summed E-state index contributed by atoms with van der Waals surface area (Å²) in [4.78, 5) is 1.21. The van der Waals surface area contributed by atoms with E-state index < -0.39 is 11.6 Å². The Labute approximate surface area is 88.0 Å². The predicted molar refractivity (Wildman–Crippen MR) is 54.5 cm³/mol. The molecular weight excluding hydrogens is 196 g/mol. The van der Waals surface area contributed by atoms with Crippen LogP contribution in [0.1, 0.15) is 12.0 Å². The lowest BCUT2D eigenvalue weighted by atomic mass is 10.1. The topological polar surface area (TPSA) is 4.44 Å². The molecule has 1 unspecified atom stereocenters. The van der Waals surface area contributed by atoms with Crippen molar-refractivity contribution in [2.75, 3.05) is 13.1 Å². The maximum atomic E-state index is 13.3. The molecule has 1 aliphatic rings. The number of quaternary nitrogens is 1. The number of halogens is 2. The minimum absolute atomic E-state index is 0.211. The van der Waals surface area contributed by atoms with Gasteiger partial charge in [-0.25, -0.2) is 8.78 Å². The van der Waals surface area contributed by atoms with E-state index in [9.17, 15) is 8.78 Å². The van der Waals surface area contributed by atoms with Gasteiger partial charge in [0.1, 0.15) is 18.2 Å². The van der Waals surface area contributed by atoms with Gasteiger partial charge in [0.05, 0.1) is 18.7 Å². The standard InChI is InChI=1S/C12H13F2N/c13-11-5-4-6-12(14)10(11)9-15-7-2-1-3-8-15/h1-2,4-6H,3,7-9H2/p+1. The lowest BCUT2D eigenvalue weighted by molar-refractivity contribution is -0.909. The highest BCUT2D eigenvalue weighted by molar-refractivity contribution is 5.18. The van der Waals surface area contributed by atoms with Crippen LogP contribution in [0.25, 0.3) is 0 Å². The summed E-state index contributed by atoms with van der Waals surface area (Å²) in [6.45, 7) is 2.24. The zero-order chi connectivity index (χ0) is 10.7. The molecule has 1 aromatic carbocycles. The lowest BCUT2D eigenvalue weighted by Gasteiger charge is -2.20. The van der Waals surface area contributed by atoms with E-state index in [0.29, 0.717) is 6.54 Å². The Kier molecular flexibility index (Phi) is 3.11. The van der Waals surface area contributed by atoms with Crippen molar-refractivity contribution in [3.05, 3.63) is 47.5 Å². The first-order valence-corrected chi connectivity index (χ1v) is 5.19. The smallest absolute Gasteiger partial charge is 0.135 e. The van der Waals surface area contributed by atoms with Gasteiger partial charge in [-0.3, -0.25) is 0 Å². The van der Waals surface area contributed by atoms with E-state index in [0.717, 1.165) is 19.5 Å². The molecule has 0 saturated carbocycles. The summed E-state index contributed by atoms with van der Waals surface area (Å²) in [7, 11) is 0. The van der Waals surface area contributed by atoms with Gasteiger partial charge >= 0.3 is 0 Å². The van der Waals surface area contributed by atoms with Crippen molar-refractivity contribution in [2.24, 2.45) is 0 Å². The van der Waals surface area contributed by atoms with Crippen LogP contribution in [0.4, 0.5) is 8.78 Å². The van der Waals surface area contributed by atoms with Crippen molar-refractivity contribution in [2.45, 2.75) is 13.0 Å². The average molecular weight is 210 g/mol. The van der Waals surface area contributed by atoms with E-state index in [4.69, 9.17) is 0 Å². The zero-order valence-electron chi connectivity index (χ0n) is 8.47. The monoisotopic (exact) mass is 210 g/mol. The van der Waals surface area contributed by atoms with Crippen LogP contribution in [0.5, 0.6) is 0 Å². The van der Waals surface area contributed by atoms with E-state index >= 15 is 0 Å². The third kappa shape index (κ3) is 2.42. The Morgan fingerprint density at radius 1 is 1.13 bits per heavy atom. The van der Waals surface area contributed by atoms with Gasteiger partial charge in [0.2, 0.25) is 0 Å². The van der Waals surface area contributed by atoms with E-state index in [1.807, 2.05) is 0 Å². The summed E-state index contributed by atoms with van der Waals surface area (Å²) in [6.07, 6.45) is 5.17. The van der Waals surface area contributed by atoms with Crippen molar-refractivity contribution in [1.82, 2.24) is 0 Å². The van der Waals surface area contributed by atoms with Gasteiger partial charge in [0, 0.05) is 6.42 Å². The Morgan fingerprint density at radius 2 is 1.87 bits per heavy atom. The normalized spacial score (nSPS) is 20.5. The van der Waals surface area contributed by atoms with Crippen LogP contribution in [0.15, 0.2) is 30.4 Å². The molecule has 1 N–H and O–H groups in total. The molecule has 0 spiro atoms. The van der Waals surface area contributed by atoms with Gasteiger partial charge in [0.15, 0.2) is 0 Å². The summed E-state index contributed by atoms with van der Waals surface area (Å²) in [6, 6.07) is 4.04. The molecule has 80 valence electrons. The number of nitrogens with one attached hydrogen (secondary N) is 1. The molecule has 0 saturated heterocycles. The molecular formula is C12H14F2N+. The molecule has 1 nitrogen and oxygen atoms in total. The summed E-state index contributed by atoms with van der Waals surface area (Å²) < 4.78 is 26.7. The largest absolute Gasteiger partial charge is 0.328 e. The van der Waals surface area contributed by atoms with Gasteiger partial charge in [-0.15, -0.1) is 0 Å². The molecule has 15 heavy (non-hydrogen) atoms. The molecule has 1 heterocycles. The number of hydrogen-bond acceptors (Lipinski definition) is 0. The highest BCUT2D eigenvalue weighted by atomic mass is 19.1. The first kappa shape index (κ1) is 10.3. The summed E-state index contributed by atoms with van der Waals surface area (Å²) in [5.74, 6) is -0.867. The van der Waals surface area contributed by atoms with E-state index in [-0.39, 0.29) is 5.56 Å². The second kappa shape index (κ2) is 4.53. The highest BCUT2D eigenvalue weighted by Crippen LogP contribution is 2.10. The zero-order valence-corrected chi connectivity index (χ0v) is 8.47. The van der Waals surface area contributed by atoms with Crippen molar-refractivity contribution in [3.8, 4) is 0 Å².